The van der Waals surface area contributed by atoms with Crippen LogP contribution in [0.1, 0.15) is 18.4 Å². The molecule has 1 aliphatic heterocycles. The van der Waals surface area contributed by atoms with Gasteiger partial charge in [-0.1, -0.05) is 30.3 Å². The van der Waals surface area contributed by atoms with Gasteiger partial charge in [0.05, 0.1) is 0 Å². The SMILES string of the molecule is CN(Cc1ccccc1)C1CCN(CCN)CC1. The minimum atomic E-state index is 0.722. The van der Waals surface area contributed by atoms with Crippen molar-refractivity contribution in [3.63, 3.8) is 0 Å². The highest BCUT2D eigenvalue weighted by molar-refractivity contribution is 5.14. The fourth-order valence-corrected chi connectivity index (χ4v) is 2.77. The maximum atomic E-state index is 5.60. The van der Waals surface area contributed by atoms with E-state index in [2.05, 4.69) is 47.2 Å². The lowest BCUT2D eigenvalue weighted by Crippen LogP contribution is -2.44. The van der Waals surface area contributed by atoms with Crippen LogP contribution in [0.3, 0.4) is 0 Å². The molecule has 2 rings (SSSR count). The Morgan fingerprint density at radius 3 is 2.50 bits per heavy atom. The van der Waals surface area contributed by atoms with E-state index in [1.807, 2.05) is 0 Å². The standard InChI is InChI=1S/C15H25N3/c1-17(13-14-5-3-2-4-6-14)15-7-10-18(11-8-15)12-9-16/h2-6,15H,7-13,16H2,1H3. The fourth-order valence-electron chi connectivity index (χ4n) is 2.77. The summed E-state index contributed by atoms with van der Waals surface area (Å²) < 4.78 is 0. The summed E-state index contributed by atoms with van der Waals surface area (Å²) in [5, 5.41) is 0. The quantitative estimate of drug-likeness (QED) is 0.856. The van der Waals surface area contributed by atoms with Gasteiger partial charge in [0, 0.05) is 25.7 Å². The number of piperidine rings is 1. The van der Waals surface area contributed by atoms with Crippen LogP contribution in [0.15, 0.2) is 30.3 Å². The summed E-state index contributed by atoms with van der Waals surface area (Å²) in [7, 11) is 2.25. The minimum Gasteiger partial charge on any atom is -0.329 e. The highest BCUT2D eigenvalue weighted by atomic mass is 15.2. The van der Waals surface area contributed by atoms with E-state index in [0.29, 0.717) is 0 Å². The highest BCUT2D eigenvalue weighted by Gasteiger charge is 2.21. The van der Waals surface area contributed by atoms with E-state index in [-0.39, 0.29) is 0 Å². The second kappa shape index (κ2) is 6.88. The molecule has 0 radical (unpaired) electrons. The van der Waals surface area contributed by atoms with Crippen molar-refractivity contribution in [1.82, 2.24) is 9.80 Å². The van der Waals surface area contributed by atoms with Crippen molar-refractivity contribution in [1.29, 1.82) is 0 Å². The zero-order valence-electron chi connectivity index (χ0n) is 11.4. The predicted molar refractivity (Wildman–Crippen MR) is 76.4 cm³/mol. The van der Waals surface area contributed by atoms with Gasteiger partial charge in [0.1, 0.15) is 0 Å². The molecule has 0 spiro atoms. The van der Waals surface area contributed by atoms with Crippen LogP contribution < -0.4 is 5.73 Å². The van der Waals surface area contributed by atoms with Crippen molar-refractivity contribution in [2.45, 2.75) is 25.4 Å². The number of hydrogen-bond donors (Lipinski definition) is 1. The van der Waals surface area contributed by atoms with Crippen LogP contribution in [-0.4, -0.2) is 49.1 Å². The first kappa shape index (κ1) is 13.5. The molecule has 0 bridgehead atoms. The van der Waals surface area contributed by atoms with Crippen LogP contribution in [0.4, 0.5) is 0 Å². The minimum absolute atomic E-state index is 0.722. The lowest BCUT2D eigenvalue weighted by molar-refractivity contribution is 0.125. The largest absolute Gasteiger partial charge is 0.329 e. The number of hydrogen-bond acceptors (Lipinski definition) is 3. The van der Waals surface area contributed by atoms with E-state index in [1.54, 1.807) is 0 Å². The van der Waals surface area contributed by atoms with E-state index in [4.69, 9.17) is 5.73 Å². The van der Waals surface area contributed by atoms with Crippen LogP contribution in [0, 0.1) is 0 Å². The Morgan fingerprint density at radius 1 is 1.22 bits per heavy atom. The Hall–Kier alpha value is -0.900. The van der Waals surface area contributed by atoms with Gasteiger partial charge in [-0.25, -0.2) is 0 Å². The molecule has 1 aromatic rings. The summed E-state index contributed by atoms with van der Waals surface area (Å²) in [4.78, 5) is 4.97. The molecule has 3 heteroatoms. The summed E-state index contributed by atoms with van der Waals surface area (Å²) in [6.07, 6.45) is 2.53. The second-order valence-corrected chi connectivity index (χ2v) is 5.26. The zero-order chi connectivity index (χ0) is 12.8. The van der Waals surface area contributed by atoms with Crippen LogP contribution in [0.2, 0.25) is 0 Å². The van der Waals surface area contributed by atoms with Gasteiger partial charge in [-0.05, 0) is 38.5 Å². The Bertz CT molecular complexity index is 331. The molecular weight excluding hydrogens is 222 g/mol. The third kappa shape index (κ3) is 3.80. The molecule has 3 nitrogen and oxygen atoms in total. The number of benzene rings is 1. The average molecular weight is 247 g/mol. The summed E-state index contributed by atoms with van der Waals surface area (Å²) in [6, 6.07) is 11.5. The van der Waals surface area contributed by atoms with Crippen molar-refractivity contribution in [3.05, 3.63) is 35.9 Å². The van der Waals surface area contributed by atoms with Crippen LogP contribution in [0.25, 0.3) is 0 Å². The Balaban J connectivity index is 1.79. The van der Waals surface area contributed by atoms with Crippen LogP contribution in [-0.2, 0) is 6.54 Å². The normalized spacial score (nSPS) is 18.4. The van der Waals surface area contributed by atoms with Gasteiger partial charge in [0.2, 0.25) is 0 Å². The first-order chi connectivity index (χ1) is 8.79. The summed E-state index contributed by atoms with van der Waals surface area (Å²) in [5.41, 5.74) is 7.01. The predicted octanol–water partition coefficient (Wildman–Crippen LogP) is 1.54. The van der Waals surface area contributed by atoms with Gasteiger partial charge in [0.25, 0.3) is 0 Å². The topological polar surface area (TPSA) is 32.5 Å². The molecule has 1 aromatic carbocycles. The molecule has 18 heavy (non-hydrogen) atoms. The molecule has 100 valence electrons. The zero-order valence-corrected chi connectivity index (χ0v) is 11.4. The highest BCUT2D eigenvalue weighted by Crippen LogP contribution is 2.17. The van der Waals surface area contributed by atoms with Crippen LogP contribution in [0.5, 0.6) is 0 Å². The maximum Gasteiger partial charge on any atom is 0.0233 e. The first-order valence-electron chi connectivity index (χ1n) is 6.96. The number of nitrogens with two attached hydrogens (primary N) is 1. The fraction of sp³-hybridized carbons (Fsp3) is 0.600. The number of likely N-dealkylation sites (tertiary alicyclic amines) is 1. The Morgan fingerprint density at radius 2 is 1.89 bits per heavy atom. The third-order valence-corrected chi connectivity index (χ3v) is 3.90. The summed E-state index contributed by atoms with van der Waals surface area (Å²) in [6.45, 7) is 5.28. The van der Waals surface area contributed by atoms with Crippen molar-refractivity contribution in [2.24, 2.45) is 5.73 Å². The third-order valence-electron chi connectivity index (χ3n) is 3.90. The second-order valence-electron chi connectivity index (χ2n) is 5.26. The lowest BCUT2D eigenvalue weighted by Gasteiger charge is -2.36. The van der Waals surface area contributed by atoms with Crippen molar-refractivity contribution in [3.8, 4) is 0 Å². The van der Waals surface area contributed by atoms with E-state index >= 15 is 0 Å². The number of nitrogens with zero attached hydrogens (tertiary/aromatic N) is 2. The van der Waals surface area contributed by atoms with Gasteiger partial charge in [-0.15, -0.1) is 0 Å². The van der Waals surface area contributed by atoms with Gasteiger partial charge in [0.15, 0.2) is 0 Å². The van der Waals surface area contributed by atoms with E-state index in [9.17, 15) is 0 Å². The van der Waals surface area contributed by atoms with Crippen molar-refractivity contribution in [2.75, 3.05) is 33.2 Å². The van der Waals surface area contributed by atoms with Gasteiger partial charge in [-0.2, -0.15) is 0 Å². The molecule has 0 aromatic heterocycles. The molecule has 1 heterocycles. The van der Waals surface area contributed by atoms with Gasteiger partial charge < -0.3 is 10.6 Å². The molecular formula is C15H25N3. The Kier molecular flexibility index (Phi) is 5.17. The first-order valence-corrected chi connectivity index (χ1v) is 6.96. The molecule has 0 amide bonds. The molecule has 0 unspecified atom stereocenters. The molecule has 1 aliphatic rings. The van der Waals surface area contributed by atoms with Crippen molar-refractivity contribution >= 4 is 0 Å². The van der Waals surface area contributed by atoms with Gasteiger partial charge >= 0.3 is 0 Å². The number of rotatable bonds is 5. The van der Waals surface area contributed by atoms with E-state index in [1.165, 1.54) is 31.5 Å². The van der Waals surface area contributed by atoms with E-state index in [0.717, 1.165) is 25.7 Å². The molecule has 2 N–H and O–H groups in total. The summed E-state index contributed by atoms with van der Waals surface area (Å²) in [5.74, 6) is 0. The maximum absolute atomic E-state index is 5.60. The van der Waals surface area contributed by atoms with E-state index < -0.39 is 0 Å². The van der Waals surface area contributed by atoms with Crippen LogP contribution >= 0.6 is 0 Å². The average Bonchev–Trinajstić information content (AvgIpc) is 2.41. The molecule has 1 saturated heterocycles. The lowest BCUT2D eigenvalue weighted by atomic mass is 10.0. The molecule has 1 fully saturated rings. The monoisotopic (exact) mass is 247 g/mol. The molecule has 0 atom stereocenters. The smallest absolute Gasteiger partial charge is 0.0233 e. The van der Waals surface area contributed by atoms with Crippen molar-refractivity contribution < 1.29 is 0 Å². The summed E-state index contributed by atoms with van der Waals surface area (Å²) >= 11 is 0. The molecule has 0 saturated carbocycles. The molecule has 0 aliphatic carbocycles. The van der Waals surface area contributed by atoms with Gasteiger partial charge in [-0.3, -0.25) is 4.90 Å². The Labute approximate surface area is 111 Å².